The highest BCUT2D eigenvalue weighted by Gasteiger charge is 2.26. The highest BCUT2D eigenvalue weighted by molar-refractivity contribution is 7.11. The van der Waals surface area contributed by atoms with E-state index < -0.39 is 0 Å². The second-order valence-corrected chi connectivity index (χ2v) is 8.01. The van der Waals surface area contributed by atoms with Crippen molar-refractivity contribution in [1.82, 2.24) is 19.7 Å². The van der Waals surface area contributed by atoms with E-state index in [2.05, 4.69) is 30.0 Å². The van der Waals surface area contributed by atoms with Gasteiger partial charge in [0.1, 0.15) is 0 Å². The molecule has 1 aliphatic heterocycles. The second kappa shape index (κ2) is 7.47. The van der Waals surface area contributed by atoms with Crippen LogP contribution in [0.15, 0.2) is 12.3 Å². The molecular weight excluding hydrogens is 320 g/mol. The molecule has 24 heavy (non-hydrogen) atoms. The second-order valence-electron chi connectivity index (χ2n) is 6.74. The van der Waals surface area contributed by atoms with Gasteiger partial charge in [-0.25, -0.2) is 4.98 Å². The molecule has 0 aliphatic carbocycles. The van der Waals surface area contributed by atoms with Gasteiger partial charge in [-0.15, -0.1) is 11.3 Å². The van der Waals surface area contributed by atoms with Crippen molar-refractivity contribution in [2.24, 2.45) is 0 Å². The number of carbonyl (C=O) groups is 1. The fourth-order valence-corrected chi connectivity index (χ4v) is 4.31. The topological polar surface area (TPSA) is 51.0 Å². The van der Waals surface area contributed by atoms with Crippen LogP contribution in [0.4, 0.5) is 0 Å². The Labute approximate surface area is 147 Å². The van der Waals surface area contributed by atoms with Crippen molar-refractivity contribution < 1.29 is 4.79 Å². The third-order valence-electron chi connectivity index (χ3n) is 4.63. The number of amides is 1. The maximum absolute atomic E-state index is 12.5. The molecule has 0 saturated carbocycles. The molecule has 130 valence electrons. The Kier molecular flexibility index (Phi) is 5.33. The highest BCUT2D eigenvalue weighted by Crippen LogP contribution is 2.30. The third-order valence-corrected chi connectivity index (χ3v) is 5.70. The molecule has 1 atom stereocenters. The van der Waals surface area contributed by atoms with E-state index in [9.17, 15) is 4.79 Å². The normalized spacial score (nSPS) is 18.1. The number of nitrogens with zero attached hydrogens (tertiary/aromatic N) is 4. The standard InChI is InChI=1S/C18H26N4OS/c1-13-10-14(2)22(20-13)9-5-7-17(23)21-8-4-6-16(12-21)18-19-11-15(3)24-18/h10-11,16H,4-9,12H2,1-3H3/t16-/m0/s1. The molecule has 1 saturated heterocycles. The zero-order valence-electron chi connectivity index (χ0n) is 14.8. The molecule has 0 N–H and O–H groups in total. The van der Waals surface area contributed by atoms with Crippen LogP contribution >= 0.6 is 11.3 Å². The van der Waals surface area contributed by atoms with Gasteiger partial charge < -0.3 is 4.90 Å². The van der Waals surface area contributed by atoms with Crippen LogP contribution in [0, 0.1) is 20.8 Å². The molecule has 0 aromatic carbocycles. The minimum Gasteiger partial charge on any atom is -0.342 e. The molecule has 1 aliphatic rings. The van der Waals surface area contributed by atoms with E-state index in [1.807, 2.05) is 22.7 Å². The molecule has 1 fully saturated rings. The minimum absolute atomic E-state index is 0.273. The molecule has 3 heterocycles. The van der Waals surface area contributed by atoms with E-state index in [0.717, 1.165) is 50.3 Å². The zero-order chi connectivity index (χ0) is 17.1. The van der Waals surface area contributed by atoms with Crippen molar-refractivity contribution in [2.75, 3.05) is 13.1 Å². The van der Waals surface area contributed by atoms with Crippen molar-refractivity contribution >= 4 is 17.2 Å². The van der Waals surface area contributed by atoms with Crippen molar-refractivity contribution in [3.8, 4) is 0 Å². The van der Waals surface area contributed by atoms with Gasteiger partial charge in [0.2, 0.25) is 5.91 Å². The highest BCUT2D eigenvalue weighted by atomic mass is 32.1. The van der Waals surface area contributed by atoms with Gasteiger partial charge in [0.15, 0.2) is 0 Å². The number of carbonyl (C=O) groups excluding carboxylic acids is 1. The van der Waals surface area contributed by atoms with Crippen LogP contribution in [0.1, 0.15) is 52.9 Å². The van der Waals surface area contributed by atoms with E-state index in [1.54, 1.807) is 11.3 Å². The lowest BCUT2D eigenvalue weighted by molar-refractivity contribution is -0.132. The van der Waals surface area contributed by atoms with Crippen LogP contribution in [0.2, 0.25) is 0 Å². The molecule has 0 radical (unpaired) electrons. The number of aryl methyl sites for hydroxylation is 4. The summed E-state index contributed by atoms with van der Waals surface area (Å²) >= 11 is 1.77. The fourth-order valence-electron chi connectivity index (χ4n) is 3.41. The average molecular weight is 347 g/mol. The molecule has 0 bridgehead atoms. The van der Waals surface area contributed by atoms with Gasteiger partial charge in [-0.3, -0.25) is 9.48 Å². The number of aromatic nitrogens is 3. The summed E-state index contributed by atoms with van der Waals surface area (Å²) in [7, 11) is 0. The van der Waals surface area contributed by atoms with Crippen LogP contribution in [-0.4, -0.2) is 38.7 Å². The van der Waals surface area contributed by atoms with Crippen molar-refractivity contribution in [3.05, 3.63) is 33.5 Å². The van der Waals surface area contributed by atoms with Gasteiger partial charge in [-0.1, -0.05) is 0 Å². The first-order valence-electron chi connectivity index (χ1n) is 8.74. The lowest BCUT2D eigenvalue weighted by atomic mass is 9.98. The van der Waals surface area contributed by atoms with Gasteiger partial charge in [0, 0.05) is 48.7 Å². The summed E-state index contributed by atoms with van der Waals surface area (Å²) < 4.78 is 2.00. The molecular formula is C18H26N4OS. The Balaban J connectivity index is 1.50. The van der Waals surface area contributed by atoms with Crippen LogP contribution in [-0.2, 0) is 11.3 Å². The zero-order valence-corrected chi connectivity index (χ0v) is 15.6. The Morgan fingerprint density at radius 1 is 1.38 bits per heavy atom. The number of rotatable bonds is 5. The molecule has 3 rings (SSSR count). The number of hydrogen-bond donors (Lipinski definition) is 0. The number of likely N-dealkylation sites (tertiary alicyclic amines) is 1. The molecule has 2 aromatic rings. The first-order chi connectivity index (χ1) is 11.5. The first kappa shape index (κ1) is 17.1. The van der Waals surface area contributed by atoms with Gasteiger partial charge in [0.05, 0.1) is 10.7 Å². The van der Waals surface area contributed by atoms with Crippen molar-refractivity contribution in [3.63, 3.8) is 0 Å². The number of hydrogen-bond acceptors (Lipinski definition) is 4. The van der Waals surface area contributed by atoms with Crippen molar-refractivity contribution in [2.45, 2.75) is 58.9 Å². The van der Waals surface area contributed by atoms with E-state index in [0.29, 0.717) is 12.3 Å². The first-order valence-corrected chi connectivity index (χ1v) is 9.55. The van der Waals surface area contributed by atoms with E-state index in [-0.39, 0.29) is 5.91 Å². The van der Waals surface area contributed by atoms with Crippen LogP contribution in [0.5, 0.6) is 0 Å². The summed E-state index contributed by atoms with van der Waals surface area (Å²) in [6.07, 6.45) is 5.60. The molecule has 5 nitrogen and oxygen atoms in total. The van der Waals surface area contributed by atoms with Crippen molar-refractivity contribution in [1.29, 1.82) is 0 Å². The summed E-state index contributed by atoms with van der Waals surface area (Å²) in [5.74, 6) is 0.687. The largest absolute Gasteiger partial charge is 0.342 e. The summed E-state index contributed by atoms with van der Waals surface area (Å²) in [6.45, 7) is 8.68. The van der Waals surface area contributed by atoms with Gasteiger partial charge in [-0.05, 0) is 46.1 Å². The van der Waals surface area contributed by atoms with E-state index >= 15 is 0 Å². The Morgan fingerprint density at radius 3 is 2.88 bits per heavy atom. The minimum atomic E-state index is 0.273. The lowest BCUT2D eigenvalue weighted by Gasteiger charge is -2.32. The smallest absolute Gasteiger partial charge is 0.222 e. The van der Waals surface area contributed by atoms with Crippen LogP contribution < -0.4 is 0 Å². The molecule has 6 heteroatoms. The van der Waals surface area contributed by atoms with E-state index in [1.165, 1.54) is 9.88 Å². The van der Waals surface area contributed by atoms with Gasteiger partial charge in [0.25, 0.3) is 0 Å². The fraction of sp³-hybridized carbons (Fsp3) is 0.611. The quantitative estimate of drug-likeness (QED) is 0.833. The molecule has 2 aromatic heterocycles. The van der Waals surface area contributed by atoms with E-state index in [4.69, 9.17) is 0 Å². The maximum Gasteiger partial charge on any atom is 0.222 e. The summed E-state index contributed by atoms with van der Waals surface area (Å²) in [5, 5.41) is 5.65. The Bertz CT molecular complexity index is 706. The maximum atomic E-state index is 12.5. The number of thiazole rings is 1. The predicted octanol–water partition coefficient (Wildman–Crippen LogP) is 3.45. The van der Waals surface area contributed by atoms with Gasteiger partial charge >= 0.3 is 0 Å². The molecule has 1 amide bonds. The Hall–Kier alpha value is -1.69. The predicted molar refractivity (Wildman–Crippen MR) is 96.3 cm³/mol. The lowest BCUT2D eigenvalue weighted by Crippen LogP contribution is -2.39. The van der Waals surface area contributed by atoms with Crippen LogP contribution in [0.3, 0.4) is 0 Å². The van der Waals surface area contributed by atoms with Crippen LogP contribution in [0.25, 0.3) is 0 Å². The summed E-state index contributed by atoms with van der Waals surface area (Å²) in [4.78, 5) is 20.3. The van der Waals surface area contributed by atoms with Gasteiger partial charge in [-0.2, -0.15) is 5.10 Å². The third kappa shape index (κ3) is 4.04. The average Bonchev–Trinajstić information content (AvgIpc) is 3.13. The monoisotopic (exact) mass is 346 g/mol. The molecule has 0 unspecified atom stereocenters. The molecule has 0 spiro atoms. The summed E-state index contributed by atoms with van der Waals surface area (Å²) in [5.41, 5.74) is 2.20. The Morgan fingerprint density at radius 2 is 2.21 bits per heavy atom. The SMILES string of the molecule is Cc1cc(C)n(CCCC(=O)N2CCC[C@H](c3ncc(C)s3)C2)n1. The number of piperidine rings is 1. The summed E-state index contributed by atoms with van der Waals surface area (Å²) in [6, 6.07) is 2.08.